The number of carbonyl (C=O) groups excluding carboxylic acids is 1. The zero-order chi connectivity index (χ0) is 18.0. The molecule has 1 N–H and O–H groups in total. The number of benzene rings is 1. The zero-order valence-corrected chi connectivity index (χ0v) is 15.0. The van der Waals surface area contributed by atoms with E-state index in [1.807, 2.05) is 30.7 Å². The van der Waals surface area contributed by atoms with Gasteiger partial charge in [0.1, 0.15) is 17.2 Å². The molecule has 0 radical (unpaired) electrons. The van der Waals surface area contributed by atoms with Gasteiger partial charge in [0, 0.05) is 29.1 Å². The Morgan fingerprint density at radius 2 is 2.16 bits per heavy atom. The van der Waals surface area contributed by atoms with E-state index in [0.29, 0.717) is 17.1 Å². The van der Waals surface area contributed by atoms with Crippen LogP contribution in [0.15, 0.2) is 28.8 Å². The number of unbranched alkanes of at least 4 members (excludes halogenated alkanes) is 1. The molecule has 2 aromatic heterocycles. The number of aromatic nitrogens is 2. The van der Waals surface area contributed by atoms with Crippen LogP contribution in [0.3, 0.4) is 0 Å². The van der Waals surface area contributed by atoms with E-state index in [1.54, 1.807) is 19.4 Å². The van der Waals surface area contributed by atoms with Gasteiger partial charge in [0.05, 0.1) is 13.3 Å². The summed E-state index contributed by atoms with van der Waals surface area (Å²) in [6, 6.07) is 5.55. The number of amides is 1. The van der Waals surface area contributed by atoms with E-state index in [9.17, 15) is 4.79 Å². The van der Waals surface area contributed by atoms with Crippen molar-refractivity contribution in [3.8, 4) is 5.75 Å². The monoisotopic (exact) mass is 341 g/mol. The molecule has 0 aliphatic carbocycles. The Bertz CT molecular complexity index is 908. The van der Waals surface area contributed by atoms with Gasteiger partial charge >= 0.3 is 0 Å². The second-order valence-electron chi connectivity index (χ2n) is 6.13. The summed E-state index contributed by atoms with van der Waals surface area (Å²) in [7, 11) is 1.60. The molecule has 0 unspecified atom stereocenters. The average Bonchev–Trinajstić information content (AvgIpc) is 3.13. The zero-order valence-electron chi connectivity index (χ0n) is 15.0. The molecule has 0 spiro atoms. The number of anilines is 1. The van der Waals surface area contributed by atoms with Crippen molar-refractivity contribution in [2.75, 3.05) is 12.4 Å². The van der Waals surface area contributed by atoms with Crippen molar-refractivity contribution in [2.24, 2.45) is 0 Å². The van der Waals surface area contributed by atoms with Gasteiger partial charge in [-0.3, -0.25) is 4.79 Å². The summed E-state index contributed by atoms with van der Waals surface area (Å²) < 4.78 is 12.8. The molecule has 0 saturated carbocycles. The Hall–Kier alpha value is -2.76. The predicted molar refractivity (Wildman–Crippen MR) is 97.3 cm³/mol. The van der Waals surface area contributed by atoms with Crippen LogP contribution in [0.4, 0.5) is 5.82 Å². The summed E-state index contributed by atoms with van der Waals surface area (Å²) in [5, 5.41) is 8.20. The topological polar surface area (TPSA) is 69.3 Å². The molecule has 0 bridgehead atoms. The lowest BCUT2D eigenvalue weighted by atomic mass is 10.1. The standard InChI is InChI=1S/C19H23N3O3/c1-5-6-9-22-18(12(2)11-20-22)21-19(23)17-13(3)15-8-7-14(24-4)10-16(15)25-17/h7-8,10-11H,5-6,9H2,1-4H3,(H,21,23). The largest absolute Gasteiger partial charge is 0.497 e. The van der Waals surface area contributed by atoms with Crippen molar-refractivity contribution < 1.29 is 13.9 Å². The van der Waals surface area contributed by atoms with Gasteiger partial charge in [0.25, 0.3) is 5.91 Å². The molecule has 0 atom stereocenters. The highest BCUT2D eigenvalue weighted by molar-refractivity contribution is 6.06. The van der Waals surface area contributed by atoms with Crippen LogP contribution in [0.2, 0.25) is 0 Å². The number of aryl methyl sites for hydroxylation is 3. The molecular formula is C19H23N3O3. The summed E-state index contributed by atoms with van der Waals surface area (Å²) in [4.78, 5) is 12.8. The lowest BCUT2D eigenvalue weighted by Gasteiger charge is -2.09. The number of rotatable bonds is 6. The maximum Gasteiger partial charge on any atom is 0.292 e. The third kappa shape index (κ3) is 3.24. The highest BCUT2D eigenvalue weighted by Crippen LogP contribution is 2.29. The number of nitrogens with zero attached hydrogens (tertiary/aromatic N) is 2. The smallest absolute Gasteiger partial charge is 0.292 e. The van der Waals surface area contributed by atoms with E-state index in [-0.39, 0.29) is 5.91 Å². The summed E-state index contributed by atoms with van der Waals surface area (Å²) in [5.74, 6) is 1.46. The normalized spacial score (nSPS) is 11.0. The van der Waals surface area contributed by atoms with Crippen molar-refractivity contribution >= 4 is 22.7 Å². The van der Waals surface area contributed by atoms with E-state index in [0.717, 1.165) is 41.7 Å². The van der Waals surface area contributed by atoms with E-state index in [4.69, 9.17) is 9.15 Å². The van der Waals surface area contributed by atoms with Crippen LogP contribution in [0, 0.1) is 13.8 Å². The Kier molecular flexibility index (Phi) is 4.79. The Labute approximate surface area is 146 Å². The summed E-state index contributed by atoms with van der Waals surface area (Å²) in [5.41, 5.74) is 2.38. The van der Waals surface area contributed by atoms with Crippen LogP contribution in [0.1, 0.15) is 41.4 Å². The maximum absolute atomic E-state index is 12.8. The third-order valence-electron chi connectivity index (χ3n) is 4.33. The predicted octanol–water partition coefficient (Wildman–Crippen LogP) is 4.31. The molecule has 132 valence electrons. The molecule has 6 nitrogen and oxygen atoms in total. The first-order valence-electron chi connectivity index (χ1n) is 8.46. The second-order valence-corrected chi connectivity index (χ2v) is 6.13. The van der Waals surface area contributed by atoms with Gasteiger partial charge in [-0.25, -0.2) is 4.68 Å². The molecule has 1 amide bonds. The van der Waals surface area contributed by atoms with Crippen LogP contribution in [-0.2, 0) is 6.54 Å². The highest BCUT2D eigenvalue weighted by atomic mass is 16.5. The lowest BCUT2D eigenvalue weighted by Crippen LogP contribution is -2.17. The highest BCUT2D eigenvalue weighted by Gasteiger charge is 2.20. The van der Waals surface area contributed by atoms with Crippen LogP contribution in [-0.4, -0.2) is 22.8 Å². The second kappa shape index (κ2) is 7.01. The first-order chi connectivity index (χ1) is 12.0. The van der Waals surface area contributed by atoms with Crippen molar-refractivity contribution in [2.45, 2.75) is 40.2 Å². The number of methoxy groups -OCH3 is 1. The molecular weight excluding hydrogens is 318 g/mol. The Balaban J connectivity index is 1.90. The van der Waals surface area contributed by atoms with Crippen molar-refractivity contribution in [3.63, 3.8) is 0 Å². The van der Waals surface area contributed by atoms with Crippen molar-refractivity contribution in [1.29, 1.82) is 0 Å². The van der Waals surface area contributed by atoms with Crippen LogP contribution in [0.5, 0.6) is 5.75 Å². The van der Waals surface area contributed by atoms with Gasteiger partial charge in [0.15, 0.2) is 5.76 Å². The van der Waals surface area contributed by atoms with Gasteiger partial charge in [-0.15, -0.1) is 0 Å². The van der Waals surface area contributed by atoms with E-state index >= 15 is 0 Å². The molecule has 6 heteroatoms. The number of ether oxygens (including phenoxy) is 1. The maximum atomic E-state index is 12.8. The number of fused-ring (bicyclic) bond motifs is 1. The number of carbonyl (C=O) groups is 1. The summed E-state index contributed by atoms with van der Waals surface area (Å²) >= 11 is 0. The van der Waals surface area contributed by atoms with Gasteiger partial charge in [-0.2, -0.15) is 5.10 Å². The Morgan fingerprint density at radius 1 is 1.36 bits per heavy atom. The molecule has 0 aliphatic heterocycles. The van der Waals surface area contributed by atoms with E-state index in [1.165, 1.54) is 0 Å². The van der Waals surface area contributed by atoms with Gasteiger partial charge in [0.2, 0.25) is 0 Å². The number of nitrogens with one attached hydrogen (secondary N) is 1. The lowest BCUT2D eigenvalue weighted by molar-refractivity contribution is 0.0996. The van der Waals surface area contributed by atoms with E-state index in [2.05, 4.69) is 17.3 Å². The molecule has 3 aromatic rings. The van der Waals surface area contributed by atoms with E-state index < -0.39 is 0 Å². The minimum absolute atomic E-state index is 0.269. The fourth-order valence-electron chi connectivity index (χ4n) is 2.83. The van der Waals surface area contributed by atoms with Crippen molar-refractivity contribution in [1.82, 2.24) is 9.78 Å². The number of hydrogen-bond donors (Lipinski definition) is 1. The molecule has 3 rings (SSSR count). The first kappa shape index (κ1) is 17.1. The first-order valence-corrected chi connectivity index (χ1v) is 8.46. The minimum atomic E-state index is -0.269. The molecule has 0 fully saturated rings. The number of hydrogen-bond acceptors (Lipinski definition) is 4. The van der Waals surface area contributed by atoms with Crippen LogP contribution in [0.25, 0.3) is 11.0 Å². The SMILES string of the molecule is CCCCn1ncc(C)c1NC(=O)c1oc2cc(OC)ccc2c1C. The number of furan rings is 1. The van der Waals surface area contributed by atoms with Crippen LogP contribution >= 0.6 is 0 Å². The third-order valence-corrected chi connectivity index (χ3v) is 4.33. The fraction of sp³-hybridized carbons (Fsp3) is 0.368. The molecule has 2 heterocycles. The van der Waals surface area contributed by atoms with Gasteiger partial charge in [-0.05, 0) is 32.4 Å². The fourth-order valence-corrected chi connectivity index (χ4v) is 2.83. The molecule has 25 heavy (non-hydrogen) atoms. The summed E-state index contributed by atoms with van der Waals surface area (Å²) in [6.45, 7) is 6.72. The van der Waals surface area contributed by atoms with Crippen molar-refractivity contribution in [3.05, 3.63) is 41.3 Å². The molecule has 1 aromatic carbocycles. The minimum Gasteiger partial charge on any atom is -0.497 e. The Morgan fingerprint density at radius 3 is 2.88 bits per heavy atom. The van der Waals surface area contributed by atoms with Crippen LogP contribution < -0.4 is 10.1 Å². The molecule has 0 aliphatic rings. The van der Waals surface area contributed by atoms with Gasteiger partial charge in [-0.1, -0.05) is 13.3 Å². The van der Waals surface area contributed by atoms with Gasteiger partial charge < -0.3 is 14.5 Å². The quantitative estimate of drug-likeness (QED) is 0.725. The molecule has 0 saturated heterocycles. The average molecular weight is 341 g/mol. The summed E-state index contributed by atoms with van der Waals surface area (Å²) in [6.07, 6.45) is 3.84.